The first kappa shape index (κ1) is 17.1. The van der Waals surface area contributed by atoms with Crippen molar-refractivity contribution in [2.45, 2.75) is 11.8 Å². The van der Waals surface area contributed by atoms with Crippen molar-refractivity contribution in [2.75, 3.05) is 20.6 Å². The maximum Gasteiger partial charge on any atom is 0.245 e. The number of hydrogen-bond donors (Lipinski definition) is 1. The van der Waals surface area contributed by atoms with Gasteiger partial charge in [-0.15, -0.1) is 0 Å². The first-order valence-corrected chi connectivity index (χ1v) is 8.06. The first-order valence-electron chi connectivity index (χ1n) is 5.83. The summed E-state index contributed by atoms with van der Waals surface area (Å²) in [5, 5.41) is 2.44. The van der Waals surface area contributed by atoms with Gasteiger partial charge in [0.2, 0.25) is 15.9 Å². The summed E-state index contributed by atoms with van der Waals surface area (Å²) in [6.45, 7) is 1.57. The third-order valence-electron chi connectivity index (χ3n) is 2.81. The molecule has 1 aromatic rings. The van der Waals surface area contributed by atoms with E-state index in [9.17, 15) is 17.6 Å². The fraction of sp³-hybridized carbons (Fsp3) is 0.417. The highest BCUT2D eigenvalue weighted by atomic mass is 79.9. The molecule has 0 aliphatic carbocycles. The fourth-order valence-electron chi connectivity index (χ4n) is 1.67. The van der Waals surface area contributed by atoms with E-state index in [4.69, 9.17) is 0 Å². The van der Waals surface area contributed by atoms with E-state index < -0.39 is 26.7 Å². The largest absolute Gasteiger partial charge is 0.359 e. The van der Waals surface area contributed by atoms with Crippen molar-refractivity contribution in [1.82, 2.24) is 9.62 Å². The molecule has 0 radical (unpaired) electrons. The third-order valence-corrected chi connectivity index (χ3v) is 5.16. The number of carbonyl (C=O) groups is 1. The summed E-state index contributed by atoms with van der Waals surface area (Å²) < 4.78 is 39.7. The Morgan fingerprint density at radius 1 is 1.50 bits per heavy atom. The van der Waals surface area contributed by atoms with Gasteiger partial charge in [0.25, 0.3) is 0 Å². The highest BCUT2D eigenvalue weighted by Gasteiger charge is 2.27. The minimum absolute atomic E-state index is 0.0302. The molecule has 0 heterocycles. The number of sulfonamides is 1. The third kappa shape index (κ3) is 3.77. The van der Waals surface area contributed by atoms with Gasteiger partial charge in [-0.25, -0.2) is 17.1 Å². The first-order chi connectivity index (χ1) is 9.20. The molecule has 1 rings (SSSR count). The molecular formula is C12H16BrFN2O3S. The monoisotopic (exact) mass is 366 g/mol. The Kier molecular flexibility index (Phi) is 5.67. The Balaban J connectivity index is 3.01. The molecule has 0 bridgehead atoms. The quantitative estimate of drug-likeness (QED) is 0.860. The Morgan fingerprint density at radius 3 is 2.60 bits per heavy atom. The van der Waals surface area contributed by atoms with E-state index in [0.717, 1.165) is 10.4 Å². The van der Waals surface area contributed by atoms with Crippen LogP contribution in [0.1, 0.15) is 6.92 Å². The zero-order valence-corrected chi connectivity index (χ0v) is 13.8. The van der Waals surface area contributed by atoms with Crippen LogP contribution in [-0.4, -0.2) is 39.3 Å². The standard InChI is InChI=1S/C12H16BrFN2O3S/c1-8(12(17)15-2)7-16(3)20(18,19)11-5-4-9(13)6-10(11)14/h4-6,8H,7H2,1-3H3,(H,15,17). The van der Waals surface area contributed by atoms with Gasteiger partial charge in [-0.1, -0.05) is 22.9 Å². The van der Waals surface area contributed by atoms with Gasteiger partial charge < -0.3 is 5.32 Å². The molecule has 0 aliphatic rings. The average Bonchev–Trinajstić information content (AvgIpc) is 2.36. The lowest BCUT2D eigenvalue weighted by molar-refractivity contribution is -0.124. The molecule has 20 heavy (non-hydrogen) atoms. The zero-order valence-electron chi connectivity index (χ0n) is 11.4. The van der Waals surface area contributed by atoms with E-state index in [-0.39, 0.29) is 12.5 Å². The van der Waals surface area contributed by atoms with Gasteiger partial charge in [-0.2, -0.15) is 0 Å². The number of halogens is 2. The number of carbonyl (C=O) groups excluding carboxylic acids is 1. The molecule has 0 saturated carbocycles. The van der Waals surface area contributed by atoms with Crippen LogP contribution in [0.2, 0.25) is 0 Å². The summed E-state index contributed by atoms with van der Waals surface area (Å²) in [7, 11) is -1.18. The predicted octanol–water partition coefficient (Wildman–Crippen LogP) is 1.59. The predicted molar refractivity (Wildman–Crippen MR) is 77.1 cm³/mol. The van der Waals surface area contributed by atoms with Crippen LogP contribution >= 0.6 is 15.9 Å². The summed E-state index contributed by atoms with van der Waals surface area (Å²) in [5.41, 5.74) is 0. The molecule has 0 aliphatic heterocycles. The maximum atomic E-state index is 13.8. The molecule has 0 aromatic heterocycles. The Labute approximate surface area is 126 Å². The summed E-state index contributed by atoms with van der Waals surface area (Å²) in [4.78, 5) is 11.0. The van der Waals surface area contributed by atoms with Gasteiger partial charge in [0, 0.05) is 31.0 Å². The summed E-state index contributed by atoms with van der Waals surface area (Å²) in [6, 6.07) is 3.73. The van der Waals surface area contributed by atoms with Gasteiger partial charge in [0.1, 0.15) is 10.7 Å². The van der Waals surface area contributed by atoms with Crippen LogP contribution in [0.3, 0.4) is 0 Å². The van der Waals surface area contributed by atoms with E-state index in [1.165, 1.54) is 26.2 Å². The van der Waals surface area contributed by atoms with Gasteiger partial charge in [0.05, 0.1) is 0 Å². The molecular weight excluding hydrogens is 351 g/mol. The number of hydrogen-bond acceptors (Lipinski definition) is 3. The summed E-state index contributed by atoms with van der Waals surface area (Å²) in [6.07, 6.45) is 0. The summed E-state index contributed by atoms with van der Waals surface area (Å²) >= 11 is 3.07. The Hall–Kier alpha value is -0.990. The van der Waals surface area contributed by atoms with Crippen LogP contribution in [0.15, 0.2) is 27.6 Å². The SMILES string of the molecule is CNC(=O)C(C)CN(C)S(=O)(=O)c1ccc(Br)cc1F. The zero-order chi connectivity index (χ0) is 15.5. The summed E-state index contributed by atoms with van der Waals surface area (Å²) in [5.74, 6) is -1.64. The van der Waals surface area contributed by atoms with Crippen LogP contribution in [0.5, 0.6) is 0 Å². The number of nitrogens with zero attached hydrogens (tertiary/aromatic N) is 1. The van der Waals surface area contributed by atoms with Gasteiger partial charge in [-0.05, 0) is 18.2 Å². The second kappa shape index (κ2) is 6.64. The number of amides is 1. The van der Waals surface area contributed by atoms with Crippen LogP contribution in [0, 0.1) is 11.7 Å². The van der Waals surface area contributed by atoms with E-state index in [1.807, 2.05) is 0 Å². The fourth-order valence-corrected chi connectivity index (χ4v) is 3.30. The van der Waals surface area contributed by atoms with Crippen molar-refractivity contribution >= 4 is 31.9 Å². The van der Waals surface area contributed by atoms with Crippen LogP contribution in [0.4, 0.5) is 4.39 Å². The lowest BCUT2D eigenvalue weighted by Crippen LogP contribution is -2.37. The molecule has 0 saturated heterocycles. The molecule has 112 valence electrons. The molecule has 1 amide bonds. The average molecular weight is 367 g/mol. The van der Waals surface area contributed by atoms with Crippen molar-refractivity contribution in [3.8, 4) is 0 Å². The number of rotatable bonds is 5. The molecule has 1 atom stereocenters. The molecule has 1 unspecified atom stereocenters. The van der Waals surface area contributed by atoms with E-state index >= 15 is 0 Å². The number of benzene rings is 1. The topological polar surface area (TPSA) is 66.5 Å². The second-order valence-corrected chi connectivity index (χ2v) is 7.30. The van der Waals surface area contributed by atoms with Gasteiger partial charge >= 0.3 is 0 Å². The Bertz CT molecular complexity index is 607. The molecule has 8 heteroatoms. The second-order valence-electron chi connectivity index (χ2n) is 4.38. The van der Waals surface area contributed by atoms with Crippen LogP contribution < -0.4 is 5.32 Å². The maximum absolute atomic E-state index is 13.8. The van der Waals surface area contributed by atoms with Crippen molar-refractivity contribution in [3.63, 3.8) is 0 Å². The van der Waals surface area contributed by atoms with Crippen molar-refractivity contribution < 1.29 is 17.6 Å². The van der Waals surface area contributed by atoms with Crippen molar-refractivity contribution in [1.29, 1.82) is 0 Å². The highest BCUT2D eigenvalue weighted by Crippen LogP contribution is 2.22. The molecule has 1 N–H and O–H groups in total. The minimum atomic E-state index is -3.97. The van der Waals surface area contributed by atoms with E-state index in [2.05, 4.69) is 21.2 Å². The van der Waals surface area contributed by atoms with E-state index in [0.29, 0.717) is 4.47 Å². The molecule has 0 fully saturated rings. The van der Waals surface area contributed by atoms with Crippen LogP contribution in [-0.2, 0) is 14.8 Å². The number of nitrogens with one attached hydrogen (secondary N) is 1. The molecule has 1 aromatic carbocycles. The normalized spacial score (nSPS) is 13.3. The van der Waals surface area contributed by atoms with Crippen LogP contribution in [0.25, 0.3) is 0 Å². The molecule has 5 nitrogen and oxygen atoms in total. The van der Waals surface area contributed by atoms with Gasteiger partial charge in [-0.3, -0.25) is 4.79 Å². The Morgan fingerprint density at radius 2 is 2.10 bits per heavy atom. The minimum Gasteiger partial charge on any atom is -0.359 e. The lowest BCUT2D eigenvalue weighted by atomic mass is 10.2. The highest BCUT2D eigenvalue weighted by molar-refractivity contribution is 9.10. The molecule has 0 spiro atoms. The van der Waals surface area contributed by atoms with E-state index in [1.54, 1.807) is 6.92 Å². The van der Waals surface area contributed by atoms with Crippen molar-refractivity contribution in [2.24, 2.45) is 5.92 Å². The van der Waals surface area contributed by atoms with Gasteiger partial charge in [0.15, 0.2) is 0 Å². The lowest BCUT2D eigenvalue weighted by Gasteiger charge is -2.20. The smallest absolute Gasteiger partial charge is 0.245 e. The van der Waals surface area contributed by atoms with Crippen molar-refractivity contribution in [3.05, 3.63) is 28.5 Å².